The third-order valence-corrected chi connectivity index (χ3v) is 8.07. The average molecular weight is 517 g/mol. The van der Waals surface area contributed by atoms with Crippen molar-refractivity contribution in [2.24, 2.45) is 14.1 Å². The second-order valence-electron chi connectivity index (χ2n) is 13.0. The van der Waals surface area contributed by atoms with Gasteiger partial charge in [-0.25, -0.2) is 9.13 Å². The summed E-state index contributed by atoms with van der Waals surface area (Å²) in [4.78, 5) is 5.15. The number of fused-ring (bicyclic) bond motifs is 4. The molecule has 0 atom stereocenters. The number of para-hydroxylation sites is 2. The molecule has 0 amide bonds. The zero-order valence-electron chi connectivity index (χ0n) is 24.6. The highest BCUT2D eigenvalue weighted by Crippen LogP contribution is 2.40. The number of benzene rings is 3. The first kappa shape index (κ1) is 25.4. The van der Waals surface area contributed by atoms with E-state index in [4.69, 9.17) is 9.40 Å². The Morgan fingerprint density at radius 3 is 2.26 bits per heavy atom. The van der Waals surface area contributed by atoms with E-state index in [1.807, 2.05) is 0 Å². The van der Waals surface area contributed by atoms with Gasteiger partial charge in [-0.2, -0.15) is 0 Å². The van der Waals surface area contributed by atoms with E-state index in [9.17, 15) is 0 Å². The van der Waals surface area contributed by atoms with Gasteiger partial charge in [0, 0.05) is 27.4 Å². The lowest BCUT2D eigenvalue weighted by Gasteiger charge is -2.25. The van der Waals surface area contributed by atoms with Crippen molar-refractivity contribution in [2.45, 2.75) is 59.3 Å². The molecule has 0 aliphatic carbocycles. The van der Waals surface area contributed by atoms with E-state index >= 15 is 0 Å². The fourth-order valence-corrected chi connectivity index (χ4v) is 5.69. The molecular weight excluding hydrogens is 478 g/mol. The molecule has 198 valence electrons. The van der Waals surface area contributed by atoms with Crippen molar-refractivity contribution in [2.75, 3.05) is 0 Å². The summed E-state index contributed by atoms with van der Waals surface area (Å²) in [5.74, 6) is 1.13. The van der Waals surface area contributed by atoms with Crippen LogP contribution in [0.5, 0.6) is 0 Å². The third-order valence-electron chi connectivity index (χ3n) is 8.07. The van der Waals surface area contributed by atoms with Crippen molar-refractivity contribution >= 4 is 33.0 Å². The fraction of sp³-hybridized carbons (Fsp3) is 0.314. The molecular formula is C35H38N3O+. The highest BCUT2D eigenvalue weighted by atomic mass is 16.3. The number of pyridine rings is 1. The van der Waals surface area contributed by atoms with Crippen LogP contribution >= 0.6 is 0 Å². The molecule has 0 saturated heterocycles. The number of aryl methyl sites for hydroxylation is 3. The zero-order valence-corrected chi connectivity index (χ0v) is 24.6. The molecule has 0 spiro atoms. The van der Waals surface area contributed by atoms with E-state index < -0.39 is 0 Å². The molecule has 0 aliphatic heterocycles. The maximum atomic E-state index is 6.62. The zero-order chi connectivity index (χ0) is 27.9. The molecule has 3 aromatic heterocycles. The summed E-state index contributed by atoms with van der Waals surface area (Å²) in [6, 6.07) is 24.0. The molecule has 0 unspecified atom stereocenters. The molecule has 3 aromatic carbocycles. The molecule has 6 rings (SSSR count). The Morgan fingerprint density at radius 1 is 0.821 bits per heavy atom. The van der Waals surface area contributed by atoms with Gasteiger partial charge in [-0.05, 0) is 65.9 Å². The summed E-state index contributed by atoms with van der Waals surface area (Å²) in [6.45, 7) is 15.7. The maximum Gasteiger partial charge on any atom is 0.293 e. The van der Waals surface area contributed by atoms with Crippen LogP contribution in [0.4, 0.5) is 0 Å². The Bertz CT molecular complexity index is 1830. The van der Waals surface area contributed by atoms with Crippen molar-refractivity contribution in [1.29, 1.82) is 0 Å². The van der Waals surface area contributed by atoms with Crippen molar-refractivity contribution in [3.05, 3.63) is 83.6 Å². The molecule has 4 nitrogen and oxygen atoms in total. The quantitative estimate of drug-likeness (QED) is 0.216. The predicted molar refractivity (Wildman–Crippen MR) is 162 cm³/mol. The van der Waals surface area contributed by atoms with Crippen LogP contribution in [0.2, 0.25) is 0 Å². The summed E-state index contributed by atoms with van der Waals surface area (Å²) < 4.78 is 11.2. The average Bonchev–Trinajstić information content (AvgIpc) is 3.37. The second-order valence-corrected chi connectivity index (χ2v) is 13.0. The molecule has 3 heterocycles. The van der Waals surface area contributed by atoms with Crippen LogP contribution in [-0.2, 0) is 24.9 Å². The molecule has 0 radical (unpaired) electrons. The van der Waals surface area contributed by atoms with Gasteiger partial charge < -0.3 is 4.42 Å². The van der Waals surface area contributed by atoms with Crippen LogP contribution in [-0.4, -0.2) is 9.55 Å². The molecule has 0 saturated carbocycles. The fourth-order valence-electron chi connectivity index (χ4n) is 5.69. The van der Waals surface area contributed by atoms with Crippen molar-refractivity contribution in [1.82, 2.24) is 9.55 Å². The number of hydrogen-bond donors (Lipinski definition) is 0. The summed E-state index contributed by atoms with van der Waals surface area (Å²) in [6.07, 6.45) is 0. The highest BCUT2D eigenvalue weighted by Gasteiger charge is 2.28. The van der Waals surface area contributed by atoms with Gasteiger partial charge in [0.25, 0.3) is 5.82 Å². The molecule has 39 heavy (non-hydrogen) atoms. The summed E-state index contributed by atoms with van der Waals surface area (Å²) >= 11 is 0. The normalized spacial score (nSPS) is 12.7. The Hall–Kier alpha value is -3.92. The number of aromatic nitrogens is 3. The van der Waals surface area contributed by atoms with E-state index in [-0.39, 0.29) is 10.8 Å². The topological polar surface area (TPSA) is 34.8 Å². The largest absolute Gasteiger partial charge is 0.455 e. The highest BCUT2D eigenvalue weighted by molar-refractivity contribution is 6.10. The minimum absolute atomic E-state index is 0.0324. The third kappa shape index (κ3) is 4.05. The number of rotatable bonds is 2. The van der Waals surface area contributed by atoms with Crippen LogP contribution in [0.1, 0.15) is 58.4 Å². The Labute approximate surface area is 230 Å². The maximum absolute atomic E-state index is 6.62. The van der Waals surface area contributed by atoms with E-state index in [0.29, 0.717) is 0 Å². The van der Waals surface area contributed by atoms with Crippen LogP contribution in [0.25, 0.3) is 55.6 Å². The van der Waals surface area contributed by atoms with E-state index in [1.54, 1.807) is 0 Å². The van der Waals surface area contributed by atoms with Crippen molar-refractivity contribution < 1.29 is 8.98 Å². The van der Waals surface area contributed by atoms with Crippen LogP contribution < -0.4 is 4.57 Å². The molecule has 0 bridgehead atoms. The number of furan rings is 1. The first-order valence-electron chi connectivity index (χ1n) is 13.8. The summed E-state index contributed by atoms with van der Waals surface area (Å²) in [5, 5.41) is 2.24. The van der Waals surface area contributed by atoms with E-state index in [1.165, 1.54) is 22.2 Å². The standard InChI is InChI=1S/C35H38N3O/c1-21-14-16-24-25-18-22(26-19-23(34(2,3)4)20-30(36-26)35(5,6)7)15-17-29(25)39-32(24)31(21)33-37(8)27-12-10-11-13-28(27)38(33)9/h10-20H,1-9H3/q+1. The minimum atomic E-state index is -0.0387. The first-order chi connectivity index (χ1) is 18.3. The Kier molecular flexibility index (Phi) is 5.55. The smallest absolute Gasteiger partial charge is 0.293 e. The minimum Gasteiger partial charge on any atom is -0.455 e. The summed E-state index contributed by atoms with van der Waals surface area (Å²) in [5.41, 5.74) is 11.1. The van der Waals surface area contributed by atoms with Gasteiger partial charge in [0.05, 0.1) is 19.8 Å². The van der Waals surface area contributed by atoms with Gasteiger partial charge in [-0.3, -0.25) is 4.98 Å². The lowest BCUT2D eigenvalue weighted by atomic mass is 9.82. The monoisotopic (exact) mass is 516 g/mol. The molecule has 0 aliphatic rings. The Morgan fingerprint density at radius 2 is 1.56 bits per heavy atom. The van der Waals surface area contributed by atoms with Gasteiger partial charge in [0.1, 0.15) is 11.1 Å². The summed E-state index contributed by atoms with van der Waals surface area (Å²) in [7, 11) is 4.27. The van der Waals surface area contributed by atoms with Gasteiger partial charge >= 0.3 is 0 Å². The predicted octanol–water partition coefficient (Wildman–Crippen LogP) is 8.53. The van der Waals surface area contributed by atoms with Crippen molar-refractivity contribution in [3.63, 3.8) is 0 Å². The second kappa shape index (κ2) is 8.54. The first-order valence-corrected chi connectivity index (χ1v) is 13.8. The molecule has 6 aromatic rings. The van der Waals surface area contributed by atoms with Gasteiger partial charge in [-0.15, -0.1) is 0 Å². The van der Waals surface area contributed by atoms with Crippen molar-refractivity contribution in [3.8, 4) is 22.6 Å². The van der Waals surface area contributed by atoms with E-state index in [2.05, 4.69) is 138 Å². The lowest BCUT2D eigenvalue weighted by Crippen LogP contribution is -2.30. The van der Waals surface area contributed by atoms with Crippen LogP contribution in [0, 0.1) is 6.92 Å². The molecule has 0 N–H and O–H groups in total. The SMILES string of the molecule is Cc1ccc2c(oc3ccc(-c4cc(C(C)(C)C)cc(C(C)(C)C)n4)cc32)c1-c1n(C)c2ccccc2[n+]1C. The van der Waals surface area contributed by atoms with Gasteiger partial charge in [-0.1, -0.05) is 65.8 Å². The molecule has 0 fully saturated rings. The van der Waals surface area contributed by atoms with E-state index in [0.717, 1.165) is 50.3 Å². The lowest BCUT2D eigenvalue weighted by molar-refractivity contribution is -0.634. The molecule has 4 heteroatoms. The van der Waals surface area contributed by atoms with Gasteiger partial charge in [0.15, 0.2) is 16.6 Å². The van der Waals surface area contributed by atoms with Crippen LogP contribution in [0.3, 0.4) is 0 Å². The number of nitrogens with zero attached hydrogens (tertiary/aromatic N) is 3. The number of hydrogen-bond acceptors (Lipinski definition) is 2. The Balaban J connectivity index is 1.60. The number of imidazole rings is 1. The van der Waals surface area contributed by atoms with Gasteiger partial charge in [0.2, 0.25) is 0 Å². The van der Waals surface area contributed by atoms with Crippen LogP contribution in [0.15, 0.2) is 71.1 Å².